The number of aliphatic imine (C=N–C) groups is 1. The first-order valence-corrected chi connectivity index (χ1v) is 11.2. The fourth-order valence-corrected chi connectivity index (χ4v) is 3.73. The van der Waals surface area contributed by atoms with Gasteiger partial charge in [0.05, 0.1) is 13.7 Å². The lowest BCUT2D eigenvalue weighted by molar-refractivity contribution is -0.123. The number of carbonyl (C=O) groups excluding carboxylic acids is 1. The van der Waals surface area contributed by atoms with Gasteiger partial charge in [0.2, 0.25) is 0 Å². The van der Waals surface area contributed by atoms with Crippen molar-refractivity contribution in [3.8, 4) is 11.5 Å². The highest BCUT2D eigenvalue weighted by Gasteiger charge is 2.14. The molecule has 1 aliphatic carbocycles. The van der Waals surface area contributed by atoms with E-state index in [1.165, 1.54) is 38.5 Å². The van der Waals surface area contributed by atoms with Crippen molar-refractivity contribution in [3.05, 3.63) is 23.8 Å². The highest BCUT2D eigenvalue weighted by molar-refractivity contribution is 5.79. The molecule has 0 unspecified atom stereocenters. The first-order chi connectivity index (χ1) is 14.7. The summed E-state index contributed by atoms with van der Waals surface area (Å²) in [6.07, 6.45) is 8.10. The van der Waals surface area contributed by atoms with E-state index in [-0.39, 0.29) is 12.5 Å². The van der Waals surface area contributed by atoms with E-state index in [0.29, 0.717) is 24.6 Å². The quantitative estimate of drug-likeness (QED) is 0.276. The van der Waals surface area contributed by atoms with E-state index in [2.05, 4.69) is 22.9 Å². The molecule has 1 fully saturated rings. The first-order valence-electron chi connectivity index (χ1n) is 11.2. The lowest BCUT2D eigenvalue weighted by Gasteiger charge is -2.14. The summed E-state index contributed by atoms with van der Waals surface area (Å²) >= 11 is 0. The van der Waals surface area contributed by atoms with Gasteiger partial charge < -0.3 is 25.4 Å². The highest BCUT2D eigenvalue weighted by atomic mass is 16.5. The third-order valence-corrected chi connectivity index (χ3v) is 5.28. The summed E-state index contributed by atoms with van der Waals surface area (Å²) in [7, 11) is 1.59. The fraction of sp³-hybridized carbons (Fsp3) is 0.652. The van der Waals surface area contributed by atoms with Crippen molar-refractivity contribution in [1.82, 2.24) is 16.0 Å². The zero-order valence-corrected chi connectivity index (χ0v) is 18.8. The number of amides is 1. The molecule has 2 rings (SSSR count). The summed E-state index contributed by atoms with van der Waals surface area (Å²) in [6.45, 7) is 6.79. The van der Waals surface area contributed by atoms with Crippen LogP contribution in [0.15, 0.2) is 23.2 Å². The van der Waals surface area contributed by atoms with Gasteiger partial charge in [-0.3, -0.25) is 4.79 Å². The van der Waals surface area contributed by atoms with Gasteiger partial charge in [-0.2, -0.15) is 0 Å². The maximum atomic E-state index is 11.6. The summed E-state index contributed by atoms with van der Waals surface area (Å²) < 4.78 is 11.0. The number of carbonyl (C=O) groups is 1. The van der Waals surface area contributed by atoms with Gasteiger partial charge in [0.1, 0.15) is 0 Å². The van der Waals surface area contributed by atoms with E-state index < -0.39 is 0 Å². The molecule has 0 saturated heterocycles. The van der Waals surface area contributed by atoms with Gasteiger partial charge in [0.15, 0.2) is 24.1 Å². The number of ether oxygens (including phenoxy) is 2. The number of methoxy groups -OCH3 is 1. The molecule has 1 aromatic rings. The Kier molecular flexibility index (Phi) is 10.9. The van der Waals surface area contributed by atoms with Crippen LogP contribution in [0.1, 0.15) is 57.9 Å². The van der Waals surface area contributed by atoms with E-state index in [9.17, 15) is 4.79 Å². The van der Waals surface area contributed by atoms with Crippen molar-refractivity contribution < 1.29 is 14.3 Å². The molecule has 1 aliphatic rings. The lowest BCUT2D eigenvalue weighted by Crippen LogP contribution is -2.37. The molecule has 1 amide bonds. The Morgan fingerprint density at radius 1 is 1.10 bits per heavy atom. The highest BCUT2D eigenvalue weighted by Crippen LogP contribution is 2.29. The predicted molar refractivity (Wildman–Crippen MR) is 121 cm³/mol. The van der Waals surface area contributed by atoms with Crippen LogP contribution in [0.2, 0.25) is 0 Å². The fourth-order valence-electron chi connectivity index (χ4n) is 3.73. The monoisotopic (exact) mass is 418 g/mol. The minimum absolute atomic E-state index is 0.0307. The molecular weight excluding hydrogens is 380 g/mol. The van der Waals surface area contributed by atoms with E-state index in [0.717, 1.165) is 30.5 Å². The number of guanidine groups is 1. The minimum Gasteiger partial charge on any atom is -0.493 e. The van der Waals surface area contributed by atoms with Gasteiger partial charge >= 0.3 is 0 Å². The Hall–Kier alpha value is -2.44. The second-order valence-electron chi connectivity index (χ2n) is 7.64. The molecule has 7 heteroatoms. The van der Waals surface area contributed by atoms with Crippen molar-refractivity contribution >= 4 is 11.9 Å². The van der Waals surface area contributed by atoms with Crippen LogP contribution >= 0.6 is 0 Å². The topological polar surface area (TPSA) is 84.0 Å². The predicted octanol–water partition coefficient (Wildman–Crippen LogP) is 3.24. The Morgan fingerprint density at radius 3 is 2.57 bits per heavy atom. The van der Waals surface area contributed by atoms with Crippen LogP contribution < -0.4 is 25.4 Å². The molecule has 30 heavy (non-hydrogen) atoms. The third kappa shape index (κ3) is 8.51. The largest absolute Gasteiger partial charge is 0.493 e. The van der Waals surface area contributed by atoms with Gasteiger partial charge in [0, 0.05) is 19.6 Å². The number of nitrogens with one attached hydrogen (secondary N) is 3. The van der Waals surface area contributed by atoms with Crippen molar-refractivity contribution in [2.75, 3.05) is 33.4 Å². The number of hydrogen-bond donors (Lipinski definition) is 3. The second kappa shape index (κ2) is 13.7. The molecule has 168 valence electrons. The van der Waals surface area contributed by atoms with Crippen molar-refractivity contribution in [1.29, 1.82) is 0 Å². The maximum Gasteiger partial charge on any atom is 0.257 e. The maximum absolute atomic E-state index is 11.6. The average Bonchev–Trinajstić information content (AvgIpc) is 3.27. The Labute approximate surface area is 181 Å². The lowest BCUT2D eigenvalue weighted by atomic mass is 10.0. The molecule has 0 heterocycles. The van der Waals surface area contributed by atoms with E-state index in [4.69, 9.17) is 14.5 Å². The Bertz CT molecular complexity index is 672. The van der Waals surface area contributed by atoms with Gasteiger partial charge in [-0.25, -0.2) is 4.99 Å². The van der Waals surface area contributed by atoms with Crippen LogP contribution in [0.4, 0.5) is 0 Å². The Morgan fingerprint density at radius 2 is 1.87 bits per heavy atom. The number of rotatable bonds is 12. The Balaban J connectivity index is 1.86. The summed E-state index contributed by atoms with van der Waals surface area (Å²) in [5.41, 5.74) is 1.01. The van der Waals surface area contributed by atoms with Gasteiger partial charge in [-0.05, 0) is 50.3 Å². The van der Waals surface area contributed by atoms with Crippen LogP contribution in [-0.4, -0.2) is 45.2 Å². The summed E-state index contributed by atoms with van der Waals surface area (Å²) in [5, 5.41) is 9.45. The van der Waals surface area contributed by atoms with Gasteiger partial charge in [0.25, 0.3) is 5.91 Å². The zero-order chi connectivity index (χ0) is 21.6. The van der Waals surface area contributed by atoms with Crippen LogP contribution in [-0.2, 0) is 11.3 Å². The second-order valence-corrected chi connectivity index (χ2v) is 7.64. The van der Waals surface area contributed by atoms with Crippen LogP contribution in [0.3, 0.4) is 0 Å². The summed E-state index contributed by atoms with van der Waals surface area (Å²) in [5.74, 6) is 2.75. The molecule has 0 atom stereocenters. The van der Waals surface area contributed by atoms with E-state index in [1.807, 2.05) is 25.1 Å². The molecule has 7 nitrogen and oxygen atoms in total. The van der Waals surface area contributed by atoms with Crippen molar-refractivity contribution in [2.45, 2.75) is 58.9 Å². The van der Waals surface area contributed by atoms with Gasteiger partial charge in [-0.1, -0.05) is 31.7 Å². The number of nitrogens with zero attached hydrogens (tertiary/aromatic N) is 1. The summed E-state index contributed by atoms with van der Waals surface area (Å²) in [6, 6.07) is 5.67. The standard InChI is InChI=1S/C23H38N4O3/c1-4-24-22(28)17-30-20-13-12-19(15-21(20)29-3)16-27-23(25-5-2)26-14-8-11-18-9-6-7-10-18/h12-13,15,18H,4-11,14,16-17H2,1-3H3,(H,24,28)(H2,25,26,27). The molecular formula is C23H38N4O3. The molecule has 0 spiro atoms. The molecule has 3 N–H and O–H groups in total. The summed E-state index contributed by atoms with van der Waals surface area (Å²) in [4.78, 5) is 16.3. The average molecular weight is 419 g/mol. The molecule has 0 radical (unpaired) electrons. The molecule has 1 saturated carbocycles. The molecule has 0 aromatic heterocycles. The van der Waals surface area contributed by atoms with Crippen LogP contribution in [0.25, 0.3) is 0 Å². The number of likely N-dealkylation sites (N-methyl/N-ethyl adjacent to an activating group) is 1. The van der Waals surface area contributed by atoms with Crippen LogP contribution in [0, 0.1) is 5.92 Å². The smallest absolute Gasteiger partial charge is 0.257 e. The third-order valence-electron chi connectivity index (χ3n) is 5.28. The van der Waals surface area contributed by atoms with Gasteiger partial charge in [-0.15, -0.1) is 0 Å². The van der Waals surface area contributed by atoms with Crippen molar-refractivity contribution in [3.63, 3.8) is 0 Å². The minimum atomic E-state index is -0.150. The van der Waals surface area contributed by atoms with Crippen molar-refractivity contribution in [2.24, 2.45) is 10.9 Å². The zero-order valence-electron chi connectivity index (χ0n) is 18.8. The SMILES string of the molecule is CCNC(=O)COc1ccc(CN=C(NCC)NCCCC2CCCC2)cc1OC. The normalized spacial score (nSPS) is 14.4. The van der Waals surface area contributed by atoms with E-state index >= 15 is 0 Å². The first kappa shape index (κ1) is 23.8. The molecule has 0 aliphatic heterocycles. The van der Waals surface area contributed by atoms with E-state index in [1.54, 1.807) is 7.11 Å². The molecule has 1 aromatic carbocycles. The molecule has 0 bridgehead atoms. The number of hydrogen-bond acceptors (Lipinski definition) is 4. The van der Waals surface area contributed by atoms with Crippen LogP contribution in [0.5, 0.6) is 11.5 Å². The number of benzene rings is 1.